The largest absolute Gasteiger partial charge is 0.324 e. The lowest BCUT2D eigenvalue weighted by Crippen LogP contribution is -1.93. The second kappa shape index (κ2) is 4.17. The molecule has 0 saturated carbocycles. The second-order valence-corrected chi connectivity index (χ2v) is 5.19. The Morgan fingerprint density at radius 3 is 2.60 bits per heavy atom. The summed E-state index contributed by atoms with van der Waals surface area (Å²) in [5, 5.41) is 0.581. The smallest absolute Gasteiger partial charge is 0.224 e. The van der Waals surface area contributed by atoms with E-state index in [0.29, 0.717) is 17.8 Å². The molecular formula is C6H12ClO2P. The minimum Gasteiger partial charge on any atom is -0.324 e. The molecule has 0 bridgehead atoms. The van der Waals surface area contributed by atoms with Gasteiger partial charge >= 0.3 is 0 Å². The quantitative estimate of drug-likeness (QED) is 0.494. The van der Waals surface area contributed by atoms with Crippen LogP contribution in [0.4, 0.5) is 0 Å². The Morgan fingerprint density at radius 2 is 2.30 bits per heavy atom. The van der Waals surface area contributed by atoms with Crippen molar-refractivity contribution in [1.82, 2.24) is 0 Å². The Hall–Kier alpha value is 0.220. The van der Waals surface area contributed by atoms with Crippen LogP contribution in [0.2, 0.25) is 0 Å². The molecule has 0 heterocycles. The van der Waals surface area contributed by atoms with Crippen molar-refractivity contribution < 1.29 is 9.09 Å². The number of halogens is 1. The third-order valence-corrected chi connectivity index (χ3v) is 3.32. The summed E-state index contributed by atoms with van der Waals surface area (Å²) in [4.78, 5) is 0. The molecule has 0 rings (SSSR count). The molecule has 10 heavy (non-hydrogen) atoms. The zero-order valence-electron chi connectivity index (χ0n) is 6.26. The van der Waals surface area contributed by atoms with Crippen molar-refractivity contribution in [2.75, 3.05) is 19.2 Å². The van der Waals surface area contributed by atoms with E-state index in [9.17, 15) is 4.57 Å². The van der Waals surface area contributed by atoms with Crippen LogP contribution in [-0.2, 0) is 9.09 Å². The molecule has 0 aromatic carbocycles. The van der Waals surface area contributed by atoms with Gasteiger partial charge in [-0.25, -0.2) is 0 Å². The van der Waals surface area contributed by atoms with E-state index in [1.807, 2.05) is 0 Å². The first kappa shape index (κ1) is 10.2. The molecular weight excluding hydrogens is 170 g/mol. The Morgan fingerprint density at radius 1 is 1.80 bits per heavy atom. The predicted molar refractivity (Wildman–Crippen MR) is 45.0 cm³/mol. The number of hydrogen-bond donors (Lipinski definition) is 0. The molecule has 0 aliphatic carbocycles. The van der Waals surface area contributed by atoms with Crippen LogP contribution in [0.1, 0.15) is 6.92 Å². The molecule has 1 atom stereocenters. The molecule has 4 heteroatoms. The van der Waals surface area contributed by atoms with E-state index in [2.05, 4.69) is 6.58 Å². The lowest BCUT2D eigenvalue weighted by atomic mass is 10.8. The summed E-state index contributed by atoms with van der Waals surface area (Å²) in [7, 11) is -2.56. The van der Waals surface area contributed by atoms with Crippen molar-refractivity contribution in [3.63, 3.8) is 0 Å². The van der Waals surface area contributed by atoms with Crippen molar-refractivity contribution in [3.8, 4) is 0 Å². The van der Waals surface area contributed by atoms with Crippen LogP contribution >= 0.6 is 19.0 Å². The minimum atomic E-state index is -2.56. The molecule has 60 valence electrons. The van der Waals surface area contributed by atoms with Gasteiger partial charge in [-0.2, -0.15) is 0 Å². The second-order valence-electron chi connectivity index (χ2n) is 2.10. The standard InChI is InChI=1S/C6H12ClO2P/c1-6(2)10(3,8)9-5-4-7/h1,4-5H2,2-3H3. The summed E-state index contributed by atoms with van der Waals surface area (Å²) in [5.41, 5.74) is 0. The summed E-state index contributed by atoms with van der Waals surface area (Å²) in [6.45, 7) is 7.10. The summed E-state index contributed by atoms with van der Waals surface area (Å²) in [5.74, 6) is 0.366. The summed E-state index contributed by atoms with van der Waals surface area (Å²) >= 11 is 5.34. The fraction of sp³-hybridized carbons (Fsp3) is 0.667. The van der Waals surface area contributed by atoms with Gasteiger partial charge in [-0.05, 0) is 6.92 Å². The van der Waals surface area contributed by atoms with Crippen LogP contribution in [0.15, 0.2) is 11.9 Å². The first-order valence-electron chi connectivity index (χ1n) is 2.95. The molecule has 0 N–H and O–H groups in total. The molecule has 0 fully saturated rings. The fourth-order valence-corrected chi connectivity index (χ4v) is 1.16. The lowest BCUT2D eigenvalue weighted by Gasteiger charge is -2.11. The molecule has 0 aliphatic rings. The van der Waals surface area contributed by atoms with Crippen molar-refractivity contribution >= 4 is 19.0 Å². The number of rotatable bonds is 4. The molecule has 0 aromatic heterocycles. The molecule has 0 radical (unpaired) electrons. The van der Waals surface area contributed by atoms with Crippen molar-refractivity contribution in [3.05, 3.63) is 11.9 Å². The van der Waals surface area contributed by atoms with Crippen LogP contribution in [0.25, 0.3) is 0 Å². The zero-order chi connectivity index (χ0) is 8.20. The van der Waals surface area contributed by atoms with Gasteiger partial charge in [-0.3, -0.25) is 4.57 Å². The Balaban J connectivity index is 3.89. The van der Waals surface area contributed by atoms with Crippen LogP contribution in [-0.4, -0.2) is 19.2 Å². The van der Waals surface area contributed by atoms with E-state index >= 15 is 0 Å². The van der Waals surface area contributed by atoms with E-state index in [0.717, 1.165) is 0 Å². The van der Waals surface area contributed by atoms with Crippen LogP contribution in [0.3, 0.4) is 0 Å². The first-order chi connectivity index (χ1) is 4.50. The lowest BCUT2D eigenvalue weighted by molar-refractivity contribution is 0.344. The maximum atomic E-state index is 11.3. The van der Waals surface area contributed by atoms with E-state index in [1.165, 1.54) is 0 Å². The normalized spacial score (nSPS) is 16.3. The van der Waals surface area contributed by atoms with Gasteiger partial charge in [0.05, 0.1) is 6.61 Å². The van der Waals surface area contributed by atoms with Gasteiger partial charge in [-0.1, -0.05) is 6.58 Å². The summed E-state index contributed by atoms with van der Waals surface area (Å²) in [6.07, 6.45) is 0. The van der Waals surface area contributed by atoms with E-state index < -0.39 is 7.37 Å². The highest BCUT2D eigenvalue weighted by atomic mass is 35.5. The molecule has 2 nitrogen and oxygen atoms in total. The van der Waals surface area contributed by atoms with E-state index in [1.54, 1.807) is 13.6 Å². The third kappa shape index (κ3) is 3.40. The zero-order valence-corrected chi connectivity index (χ0v) is 7.91. The van der Waals surface area contributed by atoms with Crippen molar-refractivity contribution in [2.24, 2.45) is 0 Å². The maximum Gasteiger partial charge on any atom is 0.224 e. The SMILES string of the molecule is C=C(C)P(C)(=O)OCCCl. The highest BCUT2D eigenvalue weighted by Gasteiger charge is 2.15. The average molecular weight is 183 g/mol. The van der Waals surface area contributed by atoms with Crippen LogP contribution in [0, 0.1) is 0 Å². The fourth-order valence-electron chi connectivity index (χ4n) is 0.319. The van der Waals surface area contributed by atoms with Gasteiger partial charge in [-0.15, -0.1) is 11.6 Å². The van der Waals surface area contributed by atoms with Gasteiger partial charge in [0.2, 0.25) is 7.37 Å². The Bertz CT molecular complexity index is 167. The number of alkyl halides is 1. The summed E-state index contributed by atoms with van der Waals surface area (Å²) < 4.78 is 16.3. The molecule has 0 amide bonds. The van der Waals surface area contributed by atoms with E-state index in [4.69, 9.17) is 16.1 Å². The van der Waals surface area contributed by atoms with Gasteiger partial charge < -0.3 is 4.52 Å². The number of hydrogen-bond acceptors (Lipinski definition) is 2. The average Bonchev–Trinajstić information content (AvgIpc) is 1.84. The Labute approximate surface area is 66.7 Å². The molecule has 0 aliphatic heterocycles. The summed E-state index contributed by atoms with van der Waals surface area (Å²) in [6, 6.07) is 0. The molecule has 0 spiro atoms. The Kier molecular flexibility index (Phi) is 4.26. The molecule has 1 unspecified atom stereocenters. The first-order valence-corrected chi connectivity index (χ1v) is 5.55. The monoisotopic (exact) mass is 182 g/mol. The minimum absolute atomic E-state index is 0.322. The van der Waals surface area contributed by atoms with Crippen molar-refractivity contribution in [2.45, 2.75) is 6.92 Å². The predicted octanol–water partition coefficient (Wildman–Crippen LogP) is 2.68. The van der Waals surface area contributed by atoms with Crippen LogP contribution < -0.4 is 0 Å². The third-order valence-electron chi connectivity index (χ3n) is 1.11. The van der Waals surface area contributed by atoms with Gasteiger partial charge in [0.15, 0.2) is 0 Å². The van der Waals surface area contributed by atoms with Gasteiger partial charge in [0.1, 0.15) is 0 Å². The van der Waals surface area contributed by atoms with Crippen LogP contribution in [0.5, 0.6) is 0 Å². The van der Waals surface area contributed by atoms with Crippen molar-refractivity contribution in [1.29, 1.82) is 0 Å². The van der Waals surface area contributed by atoms with E-state index in [-0.39, 0.29) is 0 Å². The van der Waals surface area contributed by atoms with Gasteiger partial charge in [0, 0.05) is 17.9 Å². The molecule has 0 aromatic rings. The maximum absolute atomic E-state index is 11.3. The highest BCUT2D eigenvalue weighted by Crippen LogP contribution is 2.49. The number of allylic oxidation sites excluding steroid dienone is 1. The topological polar surface area (TPSA) is 26.3 Å². The molecule has 0 saturated heterocycles. The van der Waals surface area contributed by atoms with Gasteiger partial charge in [0.25, 0.3) is 0 Å². The highest BCUT2D eigenvalue weighted by molar-refractivity contribution is 7.62.